The Kier molecular flexibility index (Phi) is 9.18. The topological polar surface area (TPSA) is 87.7 Å². The number of aromatic nitrogens is 4. The molecule has 2 aromatic heterocycles. The molecular weight excluding hydrogens is 276 g/mol. The molecule has 124 valence electrons. The molecule has 2 heterocycles. The van der Waals surface area contributed by atoms with Crippen molar-refractivity contribution in [2.45, 2.75) is 52.6 Å². The third-order valence-electron chi connectivity index (χ3n) is 3.43. The Morgan fingerprint density at radius 1 is 1.00 bits per heavy atom. The van der Waals surface area contributed by atoms with E-state index in [1.165, 1.54) is 5.69 Å². The summed E-state index contributed by atoms with van der Waals surface area (Å²) < 4.78 is 4.25. The highest BCUT2D eigenvalue weighted by Gasteiger charge is 1.97. The summed E-state index contributed by atoms with van der Waals surface area (Å²) in [6, 6.07) is 0. The van der Waals surface area contributed by atoms with E-state index in [0.717, 1.165) is 57.6 Å². The van der Waals surface area contributed by atoms with E-state index in [1.807, 2.05) is 18.9 Å². The second-order valence-electron chi connectivity index (χ2n) is 5.17. The molecule has 2 rings (SSSR count). The van der Waals surface area contributed by atoms with E-state index in [-0.39, 0.29) is 0 Å². The fourth-order valence-electron chi connectivity index (χ4n) is 2.09. The van der Waals surface area contributed by atoms with Crippen LogP contribution in [0.4, 0.5) is 0 Å². The lowest BCUT2D eigenvalue weighted by atomic mass is 10.3. The van der Waals surface area contributed by atoms with Crippen molar-refractivity contribution >= 4 is 0 Å². The normalized spacial score (nSPS) is 10.4. The predicted octanol–water partition coefficient (Wildman–Crippen LogP) is 1.59. The standard InChI is InChI=1S/2C8H15N3/c1-2-8-6-11(7-10-8)5-3-4-9;1-2-8-6-10-7-11(8)5-3-4-9/h2*6-7H,2-5,9H2,1H3. The Hall–Kier alpha value is -1.66. The largest absolute Gasteiger partial charge is 0.337 e. The Balaban J connectivity index is 0.000000220. The van der Waals surface area contributed by atoms with Crippen LogP contribution >= 0.6 is 0 Å². The maximum atomic E-state index is 5.40. The second kappa shape index (κ2) is 11.0. The molecule has 0 aliphatic carbocycles. The first-order chi connectivity index (χ1) is 10.7. The number of nitrogens with two attached hydrogens (primary N) is 2. The average Bonchev–Trinajstić information content (AvgIpc) is 3.20. The lowest BCUT2D eigenvalue weighted by molar-refractivity contribution is 0.627. The van der Waals surface area contributed by atoms with Gasteiger partial charge in [0.2, 0.25) is 0 Å². The molecule has 2 aromatic rings. The van der Waals surface area contributed by atoms with E-state index in [1.54, 1.807) is 0 Å². The van der Waals surface area contributed by atoms with E-state index in [2.05, 4.69) is 39.1 Å². The highest BCUT2D eigenvalue weighted by molar-refractivity contribution is 4.97. The lowest BCUT2D eigenvalue weighted by Gasteiger charge is -2.03. The molecule has 0 fully saturated rings. The Morgan fingerprint density at radius 3 is 2.32 bits per heavy atom. The third-order valence-corrected chi connectivity index (χ3v) is 3.43. The zero-order chi connectivity index (χ0) is 16.2. The van der Waals surface area contributed by atoms with Crippen molar-refractivity contribution in [1.82, 2.24) is 19.1 Å². The van der Waals surface area contributed by atoms with Gasteiger partial charge in [-0.05, 0) is 38.8 Å². The fourth-order valence-corrected chi connectivity index (χ4v) is 2.09. The average molecular weight is 306 g/mol. The van der Waals surface area contributed by atoms with Gasteiger partial charge >= 0.3 is 0 Å². The summed E-state index contributed by atoms with van der Waals surface area (Å²) >= 11 is 0. The summed E-state index contributed by atoms with van der Waals surface area (Å²) in [6.07, 6.45) is 11.8. The van der Waals surface area contributed by atoms with Crippen LogP contribution in [0.5, 0.6) is 0 Å². The van der Waals surface area contributed by atoms with Gasteiger partial charge in [-0.1, -0.05) is 13.8 Å². The first kappa shape index (κ1) is 18.4. The molecule has 0 aliphatic heterocycles. The minimum Gasteiger partial charge on any atom is -0.337 e. The lowest BCUT2D eigenvalue weighted by Crippen LogP contribution is -2.06. The van der Waals surface area contributed by atoms with Crippen molar-refractivity contribution in [3.8, 4) is 0 Å². The van der Waals surface area contributed by atoms with Gasteiger partial charge in [0.15, 0.2) is 0 Å². The van der Waals surface area contributed by atoms with Crippen LogP contribution in [0.3, 0.4) is 0 Å². The first-order valence-electron chi connectivity index (χ1n) is 8.14. The zero-order valence-corrected chi connectivity index (χ0v) is 13.9. The Morgan fingerprint density at radius 2 is 1.73 bits per heavy atom. The van der Waals surface area contributed by atoms with Crippen LogP contribution in [0.25, 0.3) is 0 Å². The van der Waals surface area contributed by atoms with Gasteiger partial charge in [-0.15, -0.1) is 0 Å². The fraction of sp³-hybridized carbons (Fsp3) is 0.625. The van der Waals surface area contributed by atoms with Crippen LogP contribution in [0.2, 0.25) is 0 Å². The molecule has 4 N–H and O–H groups in total. The number of rotatable bonds is 8. The Labute approximate surface area is 133 Å². The van der Waals surface area contributed by atoms with Gasteiger partial charge < -0.3 is 20.6 Å². The zero-order valence-electron chi connectivity index (χ0n) is 13.9. The second-order valence-corrected chi connectivity index (χ2v) is 5.17. The predicted molar refractivity (Wildman–Crippen MR) is 90.6 cm³/mol. The Bertz CT molecular complexity index is 502. The smallest absolute Gasteiger partial charge is 0.0949 e. The maximum absolute atomic E-state index is 5.40. The molecular formula is C16H30N6. The highest BCUT2D eigenvalue weighted by atomic mass is 15.0. The van der Waals surface area contributed by atoms with E-state index in [0.29, 0.717) is 0 Å². The maximum Gasteiger partial charge on any atom is 0.0949 e. The van der Waals surface area contributed by atoms with Crippen molar-refractivity contribution in [3.63, 3.8) is 0 Å². The molecule has 0 bridgehead atoms. The van der Waals surface area contributed by atoms with Crippen LogP contribution in [-0.4, -0.2) is 32.2 Å². The molecule has 0 amide bonds. The SMILES string of the molecule is CCc1cn(CCCN)cn1.CCc1cncn1CCCN. The van der Waals surface area contributed by atoms with Gasteiger partial charge in [0.25, 0.3) is 0 Å². The number of nitrogens with zero attached hydrogens (tertiary/aromatic N) is 4. The van der Waals surface area contributed by atoms with Crippen LogP contribution in [0.1, 0.15) is 38.1 Å². The molecule has 22 heavy (non-hydrogen) atoms. The van der Waals surface area contributed by atoms with Crippen LogP contribution in [0, 0.1) is 0 Å². The van der Waals surface area contributed by atoms with Crippen molar-refractivity contribution in [1.29, 1.82) is 0 Å². The van der Waals surface area contributed by atoms with Crippen LogP contribution < -0.4 is 11.5 Å². The van der Waals surface area contributed by atoms with Crippen LogP contribution in [-0.2, 0) is 25.9 Å². The quantitative estimate of drug-likeness (QED) is 0.775. The molecule has 0 atom stereocenters. The van der Waals surface area contributed by atoms with E-state index >= 15 is 0 Å². The molecule has 6 nitrogen and oxygen atoms in total. The monoisotopic (exact) mass is 306 g/mol. The van der Waals surface area contributed by atoms with Gasteiger partial charge in [-0.2, -0.15) is 0 Å². The molecule has 0 aromatic carbocycles. The molecule has 0 saturated carbocycles. The molecule has 0 saturated heterocycles. The van der Waals surface area contributed by atoms with E-state index in [9.17, 15) is 0 Å². The highest BCUT2D eigenvalue weighted by Crippen LogP contribution is 2.00. The minimum atomic E-state index is 0.750. The first-order valence-corrected chi connectivity index (χ1v) is 8.14. The molecule has 0 radical (unpaired) electrons. The number of hydrogen-bond acceptors (Lipinski definition) is 4. The number of imidazole rings is 2. The summed E-state index contributed by atoms with van der Waals surface area (Å²) in [5, 5.41) is 0. The third kappa shape index (κ3) is 6.41. The molecule has 6 heteroatoms. The molecule has 0 aliphatic rings. The summed E-state index contributed by atoms with van der Waals surface area (Å²) in [5.74, 6) is 0. The van der Waals surface area contributed by atoms with Crippen molar-refractivity contribution in [3.05, 3.63) is 36.4 Å². The van der Waals surface area contributed by atoms with E-state index in [4.69, 9.17) is 11.5 Å². The minimum absolute atomic E-state index is 0.750. The van der Waals surface area contributed by atoms with Gasteiger partial charge in [-0.25, -0.2) is 9.97 Å². The summed E-state index contributed by atoms with van der Waals surface area (Å²) in [7, 11) is 0. The van der Waals surface area contributed by atoms with Gasteiger partial charge in [0.05, 0.1) is 18.3 Å². The number of hydrogen-bond donors (Lipinski definition) is 2. The van der Waals surface area contributed by atoms with Gasteiger partial charge in [0, 0.05) is 31.2 Å². The van der Waals surface area contributed by atoms with Crippen LogP contribution in [0.15, 0.2) is 25.0 Å². The van der Waals surface area contributed by atoms with Crippen molar-refractivity contribution in [2.24, 2.45) is 11.5 Å². The molecule has 0 unspecified atom stereocenters. The summed E-state index contributed by atoms with van der Waals surface area (Å²) in [6.45, 7) is 7.73. The van der Waals surface area contributed by atoms with Gasteiger partial charge in [-0.3, -0.25) is 0 Å². The summed E-state index contributed by atoms with van der Waals surface area (Å²) in [4.78, 5) is 8.28. The van der Waals surface area contributed by atoms with E-state index < -0.39 is 0 Å². The van der Waals surface area contributed by atoms with Gasteiger partial charge in [0.1, 0.15) is 0 Å². The summed E-state index contributed by atoms with van der Waals surface area (Å²) in [5.41, 5.74) is 13.2. The number of aryl methyl sites for hydroxylation is 4. The van der Waals surface area contributed by atoms with Crippen molar-refractivity contribution < 1.29 is 0 Å². The molecule has 0 spiro atoms. The van der Waals surface area contributed by atoms with Crippen molar-refractivity contribution in [2.75, 3.05) is 13.1 Å².